The third-order valence-electron chi connectivity index (χ3n) is 5.16. The fourth-order valence-electron chi connectivity index (χ4n) is 3.51. The molecule has 3 aromatic heterocycles. The number of rotatable bonds is 4. The normalized spacial score (nSPS) is 10.9. The number of thiophene rings is 1. The maximum atomic E-state index is 9.34. The third kappa shape index (κ3) is 3.59. The fourth-order valence-corrected chi connectivity index (χ4v) is 5.41. The highest BCUT2D eigenvalue weighted by atomic mass is 32.1. The quantitative estimate of drug-likeness (QED) is 0.294. The van der Waals surface area contributed by atoms with Crippen LogP contribution in [0.25, 0.3) is 20.5 Å². The van der Waals surface area contributed by atoms with Crippen LogP contribution in [-0.2, 0) is 0 Å². The molecular formula is C25H18N4S2. The third-order valence-corrected chi connectivity index (χ3v) is 7.10. The summed E-state index contributed by atoms with van der Waals surface area (Å²) in [6.45, 7) is 4.20. The number of pyridine rings is 1. The van der Waals surface area contributed by atoms with Gasteiger partial charge in [-0.15, -0.1) is 11.3 Å². The number of aryl methyl sites for hydroxylation is 2. The van der Waals surface area contributed by atoms with E-state index in [-0.39, 0.29) is 0 Å². The van der Waals surface area contributed by atoms with Crippen molar-refractivity contribution < 1.29 is 0 Å². The molecule has 5 rings (SSSR count). The maximum Gasteiger partial charge on any atom is 0.150 e. The van der Waals surface area contributed by atoms with Gasteiger partial charge in [-0.05, 0) is 61.8 Å². The molecule has 0 aliphatic heterocycles. The van der Waals surface area contributed by atoms with Crippen molar-refractivity contribution in [3.63, 3.8) is 0 Å². The highest BCUT2D eigenvalue weighted by Crippen LogP contribution is 2.43. The Morgan fingerprint density at radius 2 is 1.48 bits per heavy atom. The Kier molecular flexibility index (Phi) is 4.99. The van der Waals surface area contributed by atoms with Crippen molar-refractivity contribution in [1.82, 2.24) is 9.36 Å². The summed E-state index contributed by atoms with van der Waals surface area (Å²) in [6.07, 6.45) is 3.52. The summed E-state index contributed by atoms with van der Waals surface area (Å²) < 4.78 is 5.29. The summed E-state index contributed by atoms with van der Waals surface area (Å²) in [5.74, 6) is 0. The molecule has 5 aromatic rings. The van der Waals surface area contributed by atoms with Gasteiger partial charge in [-0.2, -0.15) is 9.64 Å². The number of aromatic nitrogens is 2. The van der Waals surface area contributed by atoms with Crippen molar-refractivity contribution in [2.45, 2.75) is 13.8 Å². The van der Waals surface area contributed by atoms with Gasteiger partial charge < -0.3 is 4.90 Å². The van der Waals surface area contributed by atoms with Crippen LogP contribution in [0.15, 0.2) is 73.1 Å². The van der Waals surface area contributed by atoms with E-state index in [0.717, 1.165) is 36.9 Å². The van der Waals surface area contributed by atoms with Crippen LogP contribution in [-0.4, -0.2) is 9.36 Å². The molecule has 150 valence electrons. The highest BCUT2D eigenvalue weighted by Gasteiger charge is 2.18. The summed E-state index contributed by atoms with van der Waals surface area (Å²) in [7, 11) is 0. The lowest BCUT2D eigenvalue weighted by molar-refractivity contribution is 1.29. The fraction of sp³-hybridized carbons (Fsp3) is 0.0800. The molecule has 0 fully saturated rings. The van der Waals surface area contributed by atoms with E-state index < -0.39 is 0 Å². The van der Waals surface area contributed by atoms with Gasteiger partial charge in [-0.25, -0.2) is 4.98 Å². The van der Waals surface area contributed by atoms with E-state index in [0.29, 0.717) is 5.69 Å². The largest absolute Gasteiger partial charge is 0.302 e. The molecule has 2 aromatic carbocycles. The van der Waals surface area contributed by atoms with Crippen molar-refractivity contribution in [3.05, 3.63) is 89.9 Å². The minimum atomic E-state index is 0.421. The minimum Gasteiger partial charge on any atom is -0.302 e. The predicted octanol–water partition coefficient (Wildman–Crippen LogP) is 7.38. The molecule has 0 N–H and O–H groups in total. The number of hydrogen-bond donors (Lipinski definition) is 0. The van der Waals surface area contributed by atoms with E-state index in [1.807, 2.05) is 0 Å². The number of nitrogens with zero attached hydrogens (tertiary/aromatic N) is 4. The summed E-state index contributed by atoms with van der Waals surface area (Å²) in [4.78, 5) is 7.74. The molecule has 0 aliphatic rings. The van der Waals surface area contributed by atoms with Gasteiger partial charge in [0.25, 0.3) is 0 Å². The number of benzene rings is 2. The average Bonchev–Trinajstić information content (AvgIpc) is 3.46. The summed E-state index contributed by atoms with van der Waals surface area (Å²) >= 11 is 3.11. The number of anilines is 3. The Morgan fingerprint density at radius 3 is 2.10 bits per heavy atom. The molecule has 0 aliphatic carbocycles. The topological polar surface area (TPSA) is 52.8 Å². The van der Waals surface area contributed by atoms with Gasteiger partial charge in [-0.1, -0.05) is 35.4 Å². The molecule has 6 heteroatoms. The van der Waals surface area contributed by atoms with Crippen LogP contribution in [0.2, 0.25) is 0 Å². The van der Waals surface area contributed by atoms with Gasteiger partial charge in [0.2, 0.25) is 0 Å². The van der Waals surface area contributed by atoms with Crippen molar-refractivity contribution >= 4 is 49.3 Å². The molecule has 0 saturated carbocycles. The smallest absolute Gasteiger partial charge is 0.150 e. The second kappa shape index (κ2) is 7.95. The molecule has 31 heavy (non-hydrogen) atoms. The van der Waals surface area contributed by atoms with Gasteiger partial charge in [0.05, 0.1) is 10.9 Å². The van der Waals surface area contributed by atoms with Gasteiger partial charge in [0.15, 0.2) is 5.69 Å². The van der Waals surface area contributed by atoms with Crippen molar-refractivity contribution in [1.29, 1.82) is 5.26 Å². The molecule has 4 nitrogen and oxygen atoms in total. The van der Waals surface area contributed by atoms with Gasteiger partial charge in [0, 0.05) is 33.4 Å². The number of fused-ring (bicyclic) bond motifs is 1. The second-order valence-corrected chi connectivity index (χ2v) is 9.21. The zero-order valence-electron chi connectivity index (χ0n) is 17.0. The first-order valence-electron chi connectivity index (χ1n) is 9.81. The van der Waals surface area contributed by atoms with Crippen LogP contribution in [0.1, 0.15) is 16.8 Å². The van der Waals surface area contributed by atoms with Crippen molar-refractivity contribution in [3.8, 4) is 16.5 Å². The van der Waals surface area contributed by atoms with E-state index in [2.05, 4.69) is 94.8 Å². The highest BCUT2D eigenvalue weighted by molar-refractivity contribution is 7.20. The second-order valence-electron chi connectivity index (χ2n) is 7.35. The zero-order valence-corrected chi connectivity index (χ0v) is 18.7. The molecule has 0 amide bonds. The Morgan fingerprint density at radius 1 is 0.839 bits per heavy atom. The van der Waals surface area contributed by atoms with E-state index >= 15 is 0 Å². The van der Waals surface area contributed by atoms with Gasteiger partial charge in [0.1, 0.15) is 11.1 Å². The van der Waals surface area contributed by atoms with Crippen LogP contribution < -0.4 is 4.90 Å². The molecule has 0 saturated heterocycles. The van der Waals surface area contributed by atoms with E-state index in [1.165, 1.54) is 22.7 Å². The van der Waals surface area contributed by atoms with Crippen LogP contribution in [0.3, 0.4) is 0 Å². The summed E-state index contributed by atoms with van der Waals surface area (Å²) in [6, 6.07) is 23.6. The average molecular weight is 439 g/mol. The van der Waals surface area contributed by atoms with Crippen LogP contribution in [0.5, 0.6) is 0 Å². The zero-order chi connectivity index (χ0) is 21.4. The number of nitriles is 1. The molecule has 0 bridgehead atoms. The Hall–Kier alpha value is -3.53. The SMILES string of the molecule is Cc1ccc(N(c2ccc(C)cc2)c2ccc(-c3cnc(C#N)c4cnsc34)s2)cc1. The maximum absolute atomic E-state index is 9.34. The van der Waals surface area contributed by atoms with Crippen LogP contribution >= 0.6 is 22.9 Å². The van der Waals surface area contributed by atoms with Crippen molar-refractivity contribution in [2.75, 3.05) is 4.90 Å². The summed E-state index contributed by atoms with van der Waals surface area (Å²) in [5, 5.41) is 11.3. The summed E-state index contributed by atoms with van der Waals surface area (Å²) in [5.41, 5.74) is 6.13. The minimum absolute atomic E-state index is 0.421. The molecule has 0 spiro atoms. The van der Waals surface area contributed by atoms with E-state index in [1.54, 1.807) is 23.7 Å². The first kappa shape index (κ1) is 19.4. The lowest BCUT2D eigenvalue weighted by Gasteiger charge is -2.24. The lowest BCUT2D eigenvalue weighted by atomic mass is 10.1. The Balaban J connectivity index is 1.63. The van der Waals surface area contributed by atoms with Crippen LogP contribution in [0, 0.1) is 25.2 Å². The van der Waals surface area contributed by atoms with E-state index in [9.17, 15) is 5.26 Å². The molecular weight excluding hydrogens is 420 g/mol. The van der Waals surface area contributed by atoms with Gasteiger partial charge in [-0.3, -0.25) is 0 Å². The standard InChI is InChI=1S/C25H18N4S2/c1-16-3-7-18(8-4-16)29(19-9-5-17(2)6-10-19)24-12-11-23(30-24)21-14-27-22(13-26)20-15-28-31-25(20)21/h3-12,14-15H,1-2H3. The van der Waals surface area contributed by atoms with E-state index in [4.69, 9.17) is 0 Å². The van der Waals surface area contributed by atoms with Gasteiger partial charge >= 0.3 is 0 Å². The first-order chi connectivity index (χ1) is 15.1. The number of hydrogen-bond acceptors (Lipinski definition) is 6. The Bertz CT molecular complexity index is 1360. The predicted molar refractivity (Wildman–Crippen MR) is 130 cm³/mol. The Labute approximate surface area is 188 Å². The molecule has 3 heterocycles. The molecule has 0 radical (unpaired) electrons. The first-order valence-corrected chi connectivity index (χ1v) is 11.4. The molecule has 0 atom stereocenters. The monoisotopic (exact) mass is 438 g/mol. The lowest BCUT2D eigenvalue weighted by Crippen LogP contribution is -2.08. The van der Waals surface area contributed by atoms with Crippen molar-refractivity contribution in [2.24, 2.45) is 0 Å². The van der Waals surface area contributed by atoms with Crippen LogP contribution in [0.4, 0.5) is 16.4 Å². The molecule has 0 unspecified atom stereocenters.